The fourth-order valence-corrected chi connectivity index (χ4v) is 3.04. The van der Waals surface area contributed by atoms with Crippen molar-refractivity contribution in [1.82, 2.24) is 14.9 Å². The van der Waals surface area contributed by atoms with Gasteiger partial charge in [0, 0.05) is 18.3 Å². The van der Waals surface area contributed by atoms with Crippen LogP contribution in [0.5, 0.6) is 0 Å². The molecule has 0 aliphatic heterocycles. The predicted octanol–water partition coefficient (Wildman–Crippen LogP) is 2.55. The molecule has 140 valence electrons. The Labute approximate surface area is 153 Å². The molecule has 1 amide bonds. The van der Waals surface area contributed by atoms with E-state index < -0.39 is 11.2 Å². The molecule has 1 unspecified atom stereocenters. The Bertz CT molecular complexity index is 853. The van der Waals surface area contributed by atoms with Gasteiger partial charge in [-0.2, -0.15) is 0 Å². The normalized spacial score (nSPS) is 12.2. The summed E-state index contributed by atoms with van der Waals surface area (Å²) < 4.78 is 0. The Morgan fingerprint density at radius 2 is 1.73 bits per heavy atom. The van der Waals surface area contributed by atoms with Gasteiger partial charge in [-0.05, 0) is 31.2 Å². The summed E-state index contributed by atoms with van der Waals surface area (Å²) in [6, 6.07) is 9.88. The van der Waals surface area contributed by atoms with E-state index in [1.807, 2.05) is 30.3 Å². The first kappa shape index (κ1) is 19.7. The van der Waals surface area contributed by atoms with Gasteiger partial charge in [0.15, 0.2) is 0 Å². The highest BCUT2D eigenvalue weighted by atomic mass is 16.2. The molecule has 0 aliphatic carbocycles. The fourth-order valence-electron chi connectivity index (χ4n) is 3.04. The number of nitrogens with one attached hydrogen (secondary N) is 2. The van der Waals surface area contributed by atoms with Crippen LogP contribution in [0, 0.1) is 12.8 Å². The van der Waals surface area contributed by atoms with Crippen LogP contribution in [0.25, 0.3) is 0 Å². The van der Waals surface area contributed by atoms with E-state index in [9.17, 15) is 14.4 Å². The summed E-state index contributed by atoms with van der Waals surface area (Å²) in [5.74, 6) is 0.386. The summed E-state index contributed by atoms with van der Waals surface area (Å²) >= 11 is 0. The molecule has 1 aromatic carbocycles. The first-order chi connectivity index (χ1) is 12.3. The number of aromatic nitrogens is 2. The summed E-state index contributed by atoms with van der Waals surface area (Å²) in [5.41, 5.74) is 0.745. The third kappa shape index (κ3) is 4.94. The van der Waals surface area contributed by atoms with E-state index in [1.54, 1.807) is 18.9 Å². The number of aryl methyl sites for hydroxylation is 1. The maximum absolute atomic E-state index is 12.8. The molecule has 0 aliphatic rings. The molecule has 0 fully saturated rings. The van der Waals surface area contributed by atoms with Crippen LogP contribution in [0.4, 0.5) is 0 Å². The van der Waals surface area contributed by atoms with Crippen LogP contribution in [0.1, 0.15) is 49.6 Å². The van der Waals surface area contributed by atoms with E-state index in [2.05, 4.69) is 23.8 Å². The summed E-state index contributed by atoms with van der Waals surface area (Å²) in [5, 5.41) is 0. The lowest BCUT2D eigenvalue weighted by Gasteiger charge is -2.29. The third-order valence-electron chi connectivity index (χ3n) is 4.65. The summed E-state index contributed by atoms with van der Waals surface area (Å²) in [6.07, 6.45) is 1.81. The Kier molecular flexibility index (Phi) is 6.55. The lowest BCUT2D eigenvalue weighted by atomic mass is 9.96. The van der Waals surface area contributed by atoms with Crippen molar-refractivity contribution in [3.63, 3.8) is 0 Å². The second-order valence-electron chi connectivity index (χ2n) is 7.09. The fraction of sp³-hybridized carbons (Fsp3) is 0.450. The van der Waals surface area contributed by atoms with Crippen LogP contribution in [0.2, 0.25) is 0 Å². The number of H-pyrrole nitrogens is 2. The van der Waals surface area contributed by atoms with Crippen molar-refractivity contribution >= 4 is 5.91 Å². The molecule has 0 saturated heterocycles. The van der Waals surface area contributed by atoms with Crippen LogP contribution in [0.15, 0.2) is 39.9 Å². The van der Waals surface area contributed by atoms with Crippen LogP contribution in [0.3, 0.4) is 0 Å². The number of rotatable bonds is 7. The molecular formula is C20H27N3O3. The molecule has 0 saturated carbocycles. The van der Waals surface area contributed by atoms with Gasteiger partial charge in [0.05, 0.1) is 12.5 Å². The summed E-state index contributed by atoms with van der Waals surface area (Å²) in [7, 11) is 1.77. The van der Waals surface area contributed by atoms with Gasteiger partial charge in [0.2, 0.25) is 5.91 Å². The molecule has 1 heterocycles. The Morgan fingerprint density at radius 1 is 1.08 bits per heavy atom. The maximum atomic E-state index is 12.8. The zero-order chi connectivity index (χ0) is 19.3. The van der Waals surface area contributed by atoms with Crippen LogP contribution in [-0.2, 0) is 11.2 Å². The van der Waals surface area contributed by atoms with E-state index in [0.717, 1.165) is 18.4 Å². The minimum Gasteiger partial charge on any atom is -0.338 e. The van der Waals surface area contributed by atoms with Crippen molar-refractivity contribution in [3.05, 3.63) is 68.0 Å². The van der Waals surface area contributed by atoms with E-state index in [-0.39, 0.29) is 18.4 Å². The first-order valence-electron chi connectivity index (χ1n) is 8.92. The number of benzene rings is 1. The topological polar surface area (TPSA) is 86.0 Å². The Balaban J connectivity index is 2.24. The monoisotopic (exact) mass is 357 g/mol. The highest BCUT2D eigenvalue weighted by Gasteiger charge is 2.23. The average molecular weight is 357 g/mol. The second-order valence-corrected chi connectivity index (χ2v) is 7.09. The van der Waals surface area contributed by atoms with Crippen LogP contribution >= 0.6 is 0 Å². The van der Waals surface area contributed by atoms with Crippen molar-refractivity contribution in [2.75, 3.05) is 7.05 Å². The molecule has 1 atom stereocenters. The number of likely N-dealkylation sites (N-methyl/N-ethyl adjacent to an activating group) is 1. The van der Waals surface area contributed by atoms with E-state index in [4.69, 9.17) is 0 Å². The Hall–Kier alpha value is -2.63. The predicted molar refractivity (Wildman–Crippen MR) is 102 cm³/mol. The lowest BCUT2D eigenvalue weighted by molar-refractivity contribution is -0.131. The van der Waals surface area contributed by atoms with Gasteiger partial charge in [-0.15, -0.1) is 0 Å². The SMILES string of the molecule is Cc1[nH]c(=O)[nH]c(=O)c1CC(=O)N(C)C(CCC(C)C)c1ccccc1. The van der Waals surface area contributed by atoms with Gasteiger partial charge < -0.3 is 9.88 Å². The molecule has 0 bridgehead atoms. The molecular weight excluding hydrogens is 330 g/mol. The summed E-state index contributed by atoms with van der Waals surface area (Å²) in [4.78, 5) is 42.6. The van der Waals surface area contributed by atoms with Gasteiger partial charge in [0.1, 0.15) is 0 Å². The quantitative estimate of drug-likeness (QED) is 0.798. The molecule has 26 heavy (non-hydrogen) atoms. The zero-order valence-electron chi connectivity index (χ0n) is 15.8. The van der Waals surface area contributed by atoms with Crippen molar-refractivity contribution in [3.8, 4) is 0 Å². The van der Waals surface area contributed by atoms with Crippen molar-refractivity contribution in [2.24, 2.45) is 5.92 Å². The number of carbonyl (C=O) groups is 1. The largest absolute Gasteiger partial charge is 0.338 e. The molecule has 6 heteroatoms. The van der Waals surface area contributed by atoms with Crippen molar-refractivity contribution in [2.45, 2.75) is 46.1 Å². The zero-order valence-corrected chi connectivity index (χ0v) is 15.8. The van der Waals surface area contributed by atoms with Crippen molar-refractivity contribution < 1.29 is 4.79 Å². The molecule has 1 aromatic heterocycles. The number of aromatic amines is 2. The molecule has 2 aromatic rings. The smallest absolute Gasteiger partial charge is 0.325 e. The number of hydrogen-bond acceptors (Lipinski definition) is 3. The first-order valence-corrected chi connectivity index (χ1v) is 8.92. The number of amides is 1. The third-order valence-corrected chi connectivity index (χ3v) is 4.65. The van der Waals surface area contributed by atoms with Gasteiger partial charge >= 0.3 is 5.69 Å². The van der Waals surface area contributed by atoms with Crippen molar-refractivity contribution in [1.29, 1.82) is 0 Å². The van der Waals surface area contributed by atoms with Gasteiger partial charge in [0.25, 0.3) is 5.56 Å². The van der Waals surface area contributed by atoms with Gasteiger partial charge in [-0.3, -0.25) is 14.6 Å². The second kappa shape index (κ2) is 8.65. The number of nitrogens with zero attached hydrogens (tertiary/aromatic N) is 1. The van der Waals surface area contributed by atoms with E-state index in [1.165, 1.54) is 0 Å². The maximum Gasteiger partial charge on any atom is 0.325 e. The molecule has 2 rings (SSSR count). The van der Waals surface area contributed by atoms with Crippen LogP contribution < -0.4 is 11.2 Å². The summed E-state index contributed by atoms with van der Waals surface area (Å²) in [6.45, 7) is 5.95. The minimum absolute atomic E-state index is 0.0422. The van der Waals surface area contributed by atoms with E-state index in [0.29, 0.717) is 17.2 Å². The number of hydrogen-bond donors (Lipinski definition) is 2. The average Bonchev–Trinajstić information content (AvgIpc) is 2.58. The molecule has 6 nitrogen and oxygen atoms in total. The van der Waals surface area contributed by atoms with E-state index >= 15 is 0 Å². The molecule has 0 spiro atoms. The van der Waals surface area contributed by atoms with Gasteiger partial charge in [-0.25, -0.2) is 4.79 Å². The lowest BCUT2D eigenvalue weighted by Crippen LogP contribution is -2.36. The molecule has 2 N–H and O–H groups in total. The van der Waals surface area contributed by atoms with Crippen LogP contribution in [-0.4, -0.2) is 27.8 Å². The minimum atomic E-state index is -0.559. The Morgan fingerprint density at radius 3 is 2.31 bits per heavy atom. The number of carbonyl (C=O) groups excluding carboxylic acids is 1. The molecule has 0 radical (unpaired) electrons. The highest BCUT2D eigenvalue weighted by molar-refractivity contribution is 5.79. The standard InChI is InChI=1S/C20H27N3O3/c1-13(2)10-11-17(15-8-6-5-7-9-15)23(4)18(24)12-16-14(3)21-20(26)22-19(16)25/h5-9,13,17H,10-12H2,1-4H3,(H2,21,22,25,26). The highest BCUT2D eigenvalue weighted by Crippen LogP contribution is 2.26. The van der Waals surface area contributed by atoms with Gasteiger partial charge in [-0.1, -0.05) is 44.2 Å².